The van der Waals surface area contributed by atoms with E-state index in [4.69, 9.17) is 0 Å². The summed E-state index contributed by atoms with van der Waals surface area (Å²) in [5.41, 5.74) is 0. The topological polar surface area (TPSA) is 29.0 Å². The van der Waals surface area contributed by atoms with Crippen LogP contribution in [-0.4, -0.2) is 21.5 Å². The molecule has 2 heterocycles. The highest BCUT2D eigenvalue weighted by Gasteiger charge is 2.24. The fourth-order valence-electron chi connectivity index (χ4n) is 1.28. The van der Waals surface area contributed by atoms with Gasteiger partial charge < -0.3 is 17.5 Å². The van der Waals surface area contributed by atoms with Crippen LogP contribution in [0.1, 0.15) is 0 Å². The van der Waals surface area contributed by atoms with Crippen molar-refractivity contribution in [3.63, 3.8) is 0 Å². The van der Waals surface area contributed by atoms with Gasteiger partial charge in [-0.15, -0.1) is 0 Å². The summed E-state index contributed by atoms with van der Waals surface area (Å²) in [6.45, 7) is 0.739. The van der Waals surface area contributed by atoms with E-state index in [2.05, 4.69) is 9.13 Å². The second kappa shape index (κ2) is 3.68. The molecule has 5 heteroatoms. The van der Waals surface area contributed by atoms with Crippen molar-refractivity contribution in [3.05, 3.63) is 12.4 Å². The zero-order valence-electron chi connectivity index (χ0n) is 6.77. The molecule has 0 saturated carbocycles. The number of aliphatic hydroxyl groups excluding tert-OH is 1. The SMILES string of the molecule is C[n+]1ccn2c1SCC(O)C2.[Cl-]. The fourth-order valence-corrected chi connectivity index (χ4v) is 2.30. The predicted octanol–water partition coefficient (Wildman–Crippen LogP) is -3.22. The van der Waals surface area contributed by atoms with Crippen molar-refractivity contribution >= 4 is 11.8 Å². The third kappa shape index (κ3) is 1.60. The van der Waals surface area contributed by atoms with Crippen molar-refractivity contribution < 1.29 is 22.1 Å². The van der Waals surface area contributed by atoms with Crippen LogP contribution in [-0.2, 0) is 13.6 Å². The molecule has 1 N–H and O–H groups in total. The number of fused-ring (bicyclic) bond motifs is 1. The van der Waals surface area contributed by atoms with Crippen LogP contribution in [0.15, 0.2) is 17.6 Å². The van der Waals surface area contributed by atoms with Crippen molar-refractivity contribution in [3.8, 4) is 0 Å². The van der Waals surface area contributed by atoms with Crippen molar-refractivity contribution in [1.82, 2.24) is 4.57 Å². The number of nitrogens with zero attached hydrogens (tertiary/aromatic N) is 2. The molecule has 68 valence electrons. The first-order valence-corrected chi connectivity index (χ1v) is 4.61. The summed E-state index contributed by atoms with van der Waals surface area (Å²) in [6, 6.07) is 0. The Bertz CT molecular complexity index is 276. The quantitative estimate of drug-likeness (QED) is 0.453. The molecule has 0 aromatic carbocycles. The lowest BCUT2D eigenvalue weighted by atomic mass is 10.4. The van der Waals surface area contributed by atoms with E-state index in [1.807, 2.05) is 19.4 Å². The van der Waals surface area contributed by atoms with E-state index in [1.54, 1.807) is 11.8 Å². The van der Waals surface area contributed by atoms with Crippen LogP contribution in [0.25, 0.3) is 0 Å². The lowest BCUT2D eigenvalue weighted by Gasteiger charge is -2.13. The summed E-state index contributed by atoms with van der Waals surface area (Å²) >= 11 is 1.71. The number of hydrogen-bond acceptors (Lipinski definition) is 2. The van der Waals surface area contributed by atoms with Gasteiger partial charge in [-0.1, -0.05) is 0 Å². The molecule has 2 rings (SSSR count). The Morgan fingerprint density at radius 1 is 1.75 bits per heavy atom. The first-order chi connectivity index (χ1) is 5.27. The molecular formula is C7H11ClN2OS. The first kappa shape index (κ1) is 9.89. The van der Waals surface area contributed by atoms with Crippen molar-refractivity contribution in [1.29, 1.82) is 0 Å². The Balaban J connectivity index is 0.000000720. The summed E-state index contributed by atoms with van der Waals surface area (Å²) in [7, 11) is 2.02. The van der Waals surface area contributed by atoms with Gasteiger partial charge in [0.1, 0.15) is 25.0 Å². The zero-order valence-corrected chi connectivity index (χ0v) is 8.35. The number of imidazole rings is 1. The molecule has 1 atom stereocenters. The average molecular weight is 207 g/mol. The summed E-state index contributed by atoms with van der Waals surface area (Å²) in [4.78, 5) is 0. The smallest absolute Gasteiger partial charge is 0.317 e. The maximum absolute atomic E-state index is 9.31. The summed E-state index contributed by atoms with van der Waals surface area (Å²) in [5.74, 6) is 0.817. The highest BCUT2D eigenvalue weighted by Crippen LogP contribution is 2.20. The van der Waals surface area contributed by atoms with E-state index in [9.17, 15) is 5.11 Å². The number of aromatic nitrogens is 2. The maximum Gasteiger partial charge on any atom is 0.317 e. The van der Waals surface area contributed by atoms with E-state index < -0.39 is 0 Å². The molecule has 1 unspecified atom stereocenters. The molecule has 0 amide bonds. The van der Waals surface area contributed by atoms with Gasteiger partial charge in [-0.2, -0.15) is 0 Å². The summed E-state index contributed by atoms with van der Waals surface area (Å²) < 4.78 is 4.16. The molecule has 0 radical (unpaired) electrons. The zero-order chi connectivity index (χ0) is 7.84. The Morgan fingerprint density at radius 3 is 3.25 bits per heavy atom. The lowest BCUT2D eigenvalue weighted by molar-refractivity contribution is -0.709. The minimum atomic E-state index is -0.181. The van der Waals surface area contributed by atoms with Gasteiger partial charge in [-0.05, 0) is 11.8 Å². The minimum Gasteiger partial charge on any atom is -1.00 e. The Kier molecular flexibility index (Phi) is 3.04. The molecule has 0 fully saturated rings. The second-order valence-electron chi connectivity index (χ2n) is 2.81. The van der Waals surface area contributed by atoms with Crippen LogP contribution >= 0.6 is 11.8 Å². The molecule has 1 aromatic rings. The highest BCUT2D eigenvalue weighted by atomic mass is 35.5. The van der Waals surface area contributed by atoms with Crippen LogP contribution in [0, 0.1) is 0 Å². The molecule has 0 saturated heterocycles. The van der Waals surface area contributed by atoms with Gasteiger partial charge in [0, 0.05) is 5.75 Å². The molecule has 0 spiro atoms. The number of aryl methyl sites for hydroxylation is 1. The molecule has 1 aliphatic rings. The molecule has 12 heavy (non-hydrogen) atoms. The van der Waals surface area contributed by atoms with Gasteiger partial charge in [0.25, 0.3) is 0 Å². The number of aliphatic hydroxyl groups is 1. The third-order valence-electron chi connectivity index (χ3n) is 1.83. The Morgan fingerprint density at radius 2 is 2.50 bits per heavy atom. The van der Waals surface area contributed by atoms with Crippen LogP contribution in [0.4, 0.5) is 0 Å². The second-order valence-corrected chi connectivity index (χ2v) is 3.80. The van der Waals surface area contributed by atoms with Crippen molar-refractivity contribution in [2.24, 2.45) is 7.05 Å². The van der Waals surface area contributed by atoms with Gasteiger partial charge in [0.15, 0.2) is 0 Å². The van der Waals surface area contributed by atoms with Crippen LogP contribution < -0.4 is 17.0 Å². The van der Waals surface area contributed by atoms with E-state index in [1.165, 1.54) is 5.16 Å². The summed E-state index contributed by atoms with van der Waals surface area (Å²) in [6.07, 6.45) is 3.84. The van der Waals surface area contributed by atoms with E-state index >= 15 is 0 Å². The highest BCUT2D eigenvalue weighted by molar-refractivity contribution is 7.99. The normalized spacial score (nSPS) is 21.3. The van der Waals surface area contributed by atoms with Crippen molar-refractivity contribution in [2.45, 2.75) is 17.8 Å². The standard InChI is InChI=1S/C7H11N2OS.ClH/c1-8-2-3-9-4-6(10)5-11-7(8)9;/h2-3,6,10H,4-5H2,1H3;1H/q+1;/p-1. The van der Waals surface area contributed by atoms with Crippen LogP contribution in [0.3, 0.4) is 0 Å². The van der Waals surface area contributed by atoms with E-state index in [-0.39, 0.29) is 18.5 Å². The molecular weight excluding hydrogens is 196 g/mol. The minimum absolute atomic E-state index is 0. The number of thioether (sulfide) groups is 1. The van der Waals surface area contributed by atoms with E-state index in [0.29, 0.717) is 0 Å². The Hall–Kier alpha value is -0.190. The number of rotatable bonds is 0. The van der Waals surface area contributed by atoms with Crippen molar-refractivity contribution in [2.75, 3.05) is 5.75 Å². The van der Waals surface area contributed by atoms with Crippen LogP contribution in [0.2, 0.25) is 0 Å². The number of halogens is 1. The molecule has 1 aliphatic heterocycles. The monoisotopic (exact) mass is 206 g/mol. The lowest BCUT2D eigenvalue weighted by Crippen LogP contribution is -3.00. The predicted molar refractivity (Wildman–Crippen MR) is 42.3 cm³/mol. The maximum atomic E-state index is 9.31. The number of hydrogen-bond donors (Lipinski definition) is 1. The molecule has 3 nitrogen and oxygen atoms in total. The van der Waals surface area contributed by atoms with Crippen LogP contribution in [0.5, 0.6) is 0 Å². The van der Waals surface area contributed by atoms with Gasteiger partial charge in [-0.25, -0.2) is 9.13 Å². The first-order valence-electron chi connectivity index (χ1n) is 3.63. The summed E-state index contributed by atoms with van der Waals surface area (Å²) in [5, 5.41) is 10.5. The van der Waals surface area contributed by atoms with Gasteiger partial charge in [-0.3, -0.25) is 0 Å². The molecule has 0 bridgehead atoms. The largest absolute Gasteiger partial charge is 1.00 e. The van der Waals surface area contributed by atoms with E-state index in [0.717, 1.165) is 12.3 Å². The average Bonchev–Trinajstić information content (AvgIpc) is 2.32. The fraction of sp³-hybridized carbons (Fsp3) is 0.571. The molecule has 0 aliphatic carbocycles. The third-order valence-corrected chi connectivity index (χ3v) is 3.16. The van der Waals surface area contributed by atoms with Gasteiger partial charge >= 0.3 is 5.16 Å². The molecule has 1 aromatic heterocycles. The Labute approximate surface area is 81.8 Å². The van der Waals surface area contributed by atoms with Gasteiger partial charge in [0.2, 0.25) is 0 Å². The van der Waals surface area contributed by atoms with Gasteiger partial charge in [0.05, 0.1) is 7.05 Å².